The molecule has 0 rings (SSSR count). The molecule has 4 atom stereocenters. The summed E-state index contributed by atoms with van der Waals surface area (Å²) in [4.78, 5) is 82.1. The van der Waals surface area contributed by atoms with Crippen molar-refractivity contribution in [3.05, 3.63) is 0 Å². The number of carboxylic acids is 2. The zero-order valence-electron chi connectivity index (χ0n) is 19.6. The molecule has 0 fully saturated rings. The number of hydrogen-bond acceptors (Lipinski definition) is 8. The molecule has 35 heavy (non-hydrogen) atoms. The van der Waals surface area contributed by atoms with Crippen molar-refractivity contribution in [3.63, 3.8) is 0 Å². The third-order valence-electron chi connectivity index (χ3n) is 4.86. The highest BCUT2D eigenvalue weighted by Gasteiger charge is 2.32. The van der Waals surface area contributed by atoms with Crippen LogP contribution in [0.15, 0.2) is 0 Å². The van der Waals surface area contributed by atoms with Gasteiger partial charge in [-0.25, -0.2) is 4.79 Å². The SMILES string of the molecule is CC(C)C(NC(=O)C(CCC(N)=O)NC(=O)C(N)CCC(N)=O)C(=O)NC(CCC(=O)O)C(=O)O. The predicted octanol–water partition coefficient (Wildman–Crippen LogP) is -3.10. The molecule has 0 aromatic carbocycles. The minimum atomic E-state index is -1.51. The second kappa shape index (κ2) is 15.2. The summed E-state index contributed by atoms with van der Waals surface area (Å²) in [6.45, 7) is 3.13. The van der Waals surface area contributed by atoms with Crippen molar-refractivity contribution in [1.29, 1.82) is 0 Å². The van der Waals surface area contributed by atoms with Gasteiger partial charge in [0.15, 0.2) is 0 Å². The molecule has 0 saturated carbocycles. The predicted molar refractivity (Wildman–Crippen MR) is 120 cm³/mol. The number of primary amides is 2. The van der Waals surface area contributed by atoms with Crippen LogP contribution < -0.4 is 33.2 Å². The smallest absolute Gasteiger partial charge is 0.326 e. The Kier molecular flexibility index (Phi) is 13.6. The average Bonchev–Trinajstić information content (AvgIpc) is 2.74. The fourth-order valence-electron chi connectivity index (χ4n) is 2.84. The first-order valence-corrected chi connectivity index (χ1v) is 10.8. The minimum absolute atomic E-state index is 0.0880. The molecule has 0 aliphatic heterocycles. The topological polar surface area (TPSA) is 274 Å². The van der Waals surface area contributed by atoms with Gasteiger partial charge in [0.05, 0.1) is 6.04 Å². The summed E-state index contributed by atoms with van der Waals surface area (Å²) in [5.41, 5.74) is 15.8. The molecule has 0 saturated heterocycles. The lowest BCUT2D eigenvalue weighted by atomic mass is 10.0. The molecule has 0 heterocycles. The first-order chi connectivity index (χ1) is 16.1. The van der Waals surface area contributed by atoms with Crippen molar-refractivity contribution < 1.29 is 43.8 Å². The van der Waals surface area contributed by atoms with E-state index in [1.54, 1.807) is 13.8 Å². The van der Waals surface area contributed by atoms with Crippen LogP contribution in [-0.2, 0) is 33.6 Å². The number of aliphatic carboxylic acids is 2. The maximum absolute atomic E-state index is 12.9. The lowest BCUT2D eigenvalue weighted by Gasteiger charge is -2.27. The van der Waals surface area contributed by atoms with Crippen molar-refractivity contribution in [2.45, 2.75) is 76.5 Å². The third-order valence-corrected chi connectivity index (χ3v) is 4.86. The number of carbonyl (C=O) groups is 7. The van der Waals surface area contributed by atoms with Gasteiger partial charge in [-0.2, -0.15) is 0 Å². The molecule has 0 aliphatic carbocycles. The summed E-state index contributed by atoms with van der Waals surface area (Å²) in [5, 5.41) is 24.9. The second-order valence-electron chi connectivity index (χ2n) is 8.24. The van der Waals surface area contributed by atoms with E-state index in [4.69, 9.17) is 22.3 Å². The van der Waals surface area contributed by atoms with Crippen LogP contribution >= 0.6 is 0 Å². The Morgan fingerprint density at radius 3 is 1.63 bits per heavy atom. The molecule has 15 heteroatoms. The Balaban J connectivity index is 5.47. The van der Waals surface area contributed by atoms with Crippen LogP contribution in [0.5, 0.6) is 0 Å². The van der Waals surface area contributed by atoms with Crippen LogP contribution in [0, 0.1) is 5.92 Å². The maximum atomic E-state index is 12.9. The number of carbonyl (C=O) groups excluding carboxylic acids is 5. The number of hydrogen-bond donors (Lipinski definition) is 8. The Bertz CT molecular complexity index is 817. The van der Waals surface area contributed by atoms with E-state index in [-0.39, 0.29) is 32.1 Å². The van der Waals surface area contributed by atoms with Crippen LogP contribution in [0.4, 0.5) is 0 Å². The summed E-state index contributed by atoms with van der Waals surface area (Å²) < 4.78 is 0. The molecular weight excluding hydrogens is 468 g/mol. The molecular formula is C20H34N6O9. The van der Waals surface area contributed by atoms with Crippen LogP contribution in [0.1, 0.15) is 52.4 Å². The van der Waals surface area contributed by atoms with Crippen molar-refractivity contribution in [1.82, 2.24) is 16.0 Å². The monoisotopic (exact) mass is 502 g/mol. The number of rotatable bonds is 17. The molecule has 15 nitrogen and oxygen atoms in total. The van der Waals surface area contributed by atoms with Crippen LogP contribution in [0.3, 0.4) is 0 Å². The van der Waals surface area contributed by atoms with E-state index in [1.165, 1.54) is 0 Å². The highest BCUT2D eigenvalue weighted by Crippen LogP contribution is 2.07. The van der Waals surface area contributed by atoms with E-state index >= 15 is 0 Å². The standard InChI is InChI=1S/C20H34N6O9/c1-9(2)16(19(33)25-12(20(34)35)5-8-15(29)30)26-18(32)11(4-7-14(23)28)24-17(31)10(21)3-6-13(22)27/h9-12,16H,3-8,21H2,1-2H3,(H2,22,27)(H2,23,28)(H,24,31)(H,25,33)(H,26,32)(H,29,30)(H,34,35). The first-order valence-electron chi connectivity index (χ1n) is 10.8. The molecule has 5 amide bonds. The van der Waals surface area contributed by atoms with Gasteiger partial charge in [-0.15, -0.1) is 0 Å². The van der Waals surface area contributed by atoms with Crippen molar-refractivity contribution in [2.24, 2.45) is 23.1 Å². The fraction of sp³-hybridized carbons (Fsp3) is 0.650. The quantitative estimate of drug-likeness (QED) is 0.0991. The van der Waals surface area contributed by atoms with Gasteiger partial charge in [0.25, 0.3) is 0 Å². The lowest BCUT2D eigenvalue weighted by molar-refractivity contribution is -0.143. The molecule has 4 unspecified atom stereocenters. The number of amides is 5. The fourth-order valence-corrected chi connectivity index (χ4v) is 2.84. The van der Waals surface area contributed by atoms with Crippen molar-refractivity contribution in [2.75, 3.05) is 0 Å². The first kappa shape index (κ1) is 31.2. The average molecular weight is 503 g/mol. The Morgan fingerprint density at radius 1 is 0.686 bits per heavy atom. The van der Waals surface area contributed by atoms with E-state index in [9.17, 15) is 38.7 Å². The molecule has 0 aromatic rings. The van der Waals surface area contributed by atoms with E-state index in [0.29, 0.717) is 0 Å². The van der Waals surface area contributed by atoms with Gasteiger partial charge < -0.3 is 43.4 Å². The third kappa shape index (κ3) is 12.9. The molecule has 0 aromatic heterocycles. The number of nitrogens with two attached hydrogens (primary N) is 3. The summed E-state index contributed by atoms with van der Waals surface area (Å²) in [5.74, 6) is -7.23. The molecule has 0 bridgehead atoms. The van der Waals surface area contributed by atoms with Crippen LogP contribution in [-0.4, -0.2) is 75.9 Å². The Hall–Kier alpha value is -3.75. The lowest BCUT2D eigenvalue weighted by Crippen LogP contribution is -2.58. The van der Waals surface area contributed by atoms with Crippen molar-refractivity contribution >= 4 is 41.5 Å². The van der Waals surface area contributed by atoms with Gasteiger partial charge in [0.2, 0.25) is 29.5 Å². The molecule has 0 radical (unpaired) electrons. The molecule has 198 valence electrons. The zero-order chi connectivity index (χ0) is 27.3. The molecule has 0 spiro atoms. The van der Waals surface area contributed by atoms with Crippen LogP contribution in [0.25, 0.3) is 0 Å². The summed E-state index contributed by atoms with van der Waals surface area (Å²) >= 11 is 0. The van der Waals surface area contributed by atoms with Gasteiger partial charge in [-0.05, 0) is 25.2 Å². The summed E-state index contributed by atoms with van der Waals surface area (Å²) in [6, 6.07) is -5.27. The largest absolute Gasteiger partial charge is 0.481 e. The van der Waals surface area contributed by atoms with E-state index in [2.05, 4.69) is 16.0 Å². The zero-order valence-corrected chi connectivity index (χ0v) is 19.6. The normalized spacial score (nSPS) is 14.2. The summed E-state index contributed by atoms with van der Waals surface area (Å²) in [7, 11) is 0. The highest BCUT2D eigenvalue weighted by molar-refractivity contribution is 5.94. The van der Waals surface area contributed by atoms with Gasteiger partial charge in [-0.3, -0.25) is 28.8 Å². The van der Waals surface area contributed by atoms with E-state index in [0.717, 1.165) is 0 Å². The second-order valence-corrected chi connectivity index (χ2v) is 8.24. The van der Waals surface area contributed by atoms with Gasteiger partial charge in [-0.1, -0.05) is 13.8 Å². The molecule has 11 N–H and O–H groups in total. The van der Waals surface area contributed by atoms with E-state index < -0.39 is 78.0 Å². The maximum Gasteiger partial charge on any atom is 0.326 e. The van der Waals surface area contributed by atoms with Crippen molar-refractivity contribution in [3.8, 4) is 0 Å². The Labute approximate surface area is 201 Å². The molecule has 0 aliphatic rings. The van der Waals surface area contributed by atoms with Gasteiger partial charge >= 0.3 is 11.9 Å². The van der Waals surface area contributed by atoms with Crippen LogP contribution in [0.2, 0.25) is 0 Å². The van der Waals surface area contributed by atoms with E-state index in [1.807, 2.05) is 0 Å². The summed E-state index contributed by atoms with van der Waals surface area (Å²) in [6.07, 6.45) is -1.66. The number of nitrogens with one attached hydrogen (secondary N) is 3. The minimum Gasteiger partial charge on any atom is -0.481 e. The number of carboxylic acid groups (broad SMARTS) is 2. The van der Waals surface area contributed by atoms with Gasteiger partial charge in [0.1, 0.15) is 18.1 Å². The van der Waals surface area contributed by atoms with Gasteiger partial charge in [0, 0.05) is 19.3 Å². The highest BCUT2D eigenvalue weighted by atomic mass is 16.4. The Morgan fingerprint density at radius 2 is 1.17 bits per heavy atom.